The lowest BCUT2D eigenvalue weighted by atomic mass is 10.1. The summed E-state index contributed by atoms with van der Waals surface area (Å²) in [7, 11) is 0. The number of hydrogen-bond acceptors (Lipinski definition) is 5. The molecule has 21 heavy (non-hydrogen) atoms. The molecule has 1 fully saturated rings. The summed E-state index contributed by atoms with van der Waals surface area (Å²) >= 11 is 0. The molecule has 104 valence electrons. The number of piperidine rings is 1. The number of rotatable bonds is 2. The minimum absolute atomic E-state index is 0.262. The van der Waals surface area contributed by atoms with Gasteiger partial charge in [-0.05, 0) is 18.6 Å². The van der Waals surface area contributed by atoms with Crippen molar-refractivity contribution in [2.75, 3.05) is 5.32 Å². The van der Waals surface area contributed by atoms with E-state index < -0.39 is 6.04 Å². The molecule has 3 rings (SSSR count). The van der Waals surface area contributed by atoms with Crippen LogP contribution in [0.15, 0.2) is 30.3 Å². The van der Waals surface area contributed by atoms with Gasteiger partial charge in [-0.2, -0.15) is 5.26 Å². The number of aromatic nitrogens is 1. The first-order valence-electron chi connectivity index (χ1n) is 6.57. The Kier molecular flexibility index (Phi) is 3.24. The number of anilines is 1. The summed E-state index contributed by atoms with van der Waals surface area (Å²) in [5, 5.41) is 15.3. The van der Waals surface area contributed by atoms with E-state index >= 15 is 0 Å². The maximum Gasteiger partial charge on any atom is 0.249 e. The molecule has 0 saturated carbocycles. The molecule has 1 aliphatic rings. The summed E-state index contributed by atoms with van der Waals surface area (Å²) in [4.78, 5) is 27.3. The predicted molar refractivity (Wildman–Crippen MR) is 76.3 cm³/mol. The van der Waals surface area contributed by atoms with Gasteiger partial charge in [0.25, 0.3) is 0 Å². The highest BCUT2D eigenvalue weighted by Crippen LogP contribution is 2.21. The minimum atomic E-state index is -0.511. The summed E-state index contributed by atoms with van der Waals surface area (Å²) in [6, 6.07) is 10.6. The van der Waals surface area contributed by atoms with E-state index in [0.29, 0.717) is 29.7 Å². The number of amides is 2. The van der Waals surface area contributed by atoms with Crippen molar-refractivity contribution in [2.45, 2.75) is 18.9 Å². The summed E-state index contributed by atoms with van der Waals surface area (Å²) in [5.74, 6) is -0.165. The number of imide groups is 1. The molecule has 0 bridgehead atoms. The average molecular weight is 280 g/mol. The van der Waals surface area contributed by atoms with Crippen LogP contribution in [0.25, 0.3) is 10.9 Å². The first-order chi connectivity index (χ1) is 10.2. The van der Waals surface area contributed by atoms with Gasteiger partial charge in [0.2, 0.25) is 11.8 Å². The van der Waals surface area contributed by atoms with Crippen molar-refractivity contribution >= 4 is 28.5 Å². The van der Waals surface area contributed by atoms with Crippen molar-refractivity contribution in [3.05, 3.63) is 35.9 Å². The van der Waals surface area contributed by atoms with Crippen LogP contribution in [0.5, 0.6) is 0 Å². The van der Waals surface area contributed by atoms with Gasteiger partial charge in [0.15, 0.2) is 0 Å². The fourth-order valence-electron chi connectivity index (χ4n) is 2.35. The number of para-hydroxylation sites is 1. The van der Waals surface area contributed by atoms with E-state index in [2.05, 4.69) is 21.7 Å². The van der Waals surface area contributed by atoms with Crippen LogP contribution < -0.4 is 10.6 Å². The zero-order chi connectivity index (χ0) is 14.8. The maximum atomic E-state index is 11.7. The molecule has 1 atom stereocenters. The Bertz CT molecular complexity index is 779. The van der Waals surface area contributed by atoms with E-state index in [1.165, 1.54) is 0 Å². The SMILES string of the molecule is N#Cc1cc(NC2CCC(=O)NC2=O)nc2ccccc12. The fourth-order valence-corrected chi connectivity index (χ4v) is 2.35. The van der Waals surface area contributed by atoms with Crippen LogP contribution >= 0.6 is 0 Å². The number of benzene rings is 1. The highest BCUT2D eigenvalue weighted by molar-refractivity contribution is 6.01. The second-order valence-electron chi connectivity index (χ2n) is 4.83. The highest BCUT2D eigenvalue weighted by Gasteiger charge is 2.26. The van der Waals surface area contributed by atoms with Gasteiger partial charge < -0.3 is 5.32 Å². The molecule has 1 unspecified atom stereocenters. The zero-order valence-corrected chi connectivity index (χ0v) is 11.1. The van der Waals surface area contributed by atoms with Gasteiger partial charge in [0.1, 0.15) is 11.9 Å². The van der Waals surface area contributed by atoms with Gasteiger partial charge >= 0.3 is 0 Å². The Labute approximate surface area is 120 Å². The summed E-state index contributed by atoms with van der Waals surface area (Å²) < 4.78 is 0. The van der Waals surface area contributed by atoms with Gasteiger partial charge in [0.05, 0.1) is 17.1 Å². The number of carbonyl (C=O) groups excluding carboxylic acids is 2. The fraction of sp³-hybridized carbons (Fsp3) is 0.200. The second-order valence-corrected chi connectivity index (χ2v) is 4.83. The van der Waals surface area contributed by atoms with Gasteiger partial charge in [0, 0.05) is 11.8 Å². The Morgan fingerprint density at radius 1 is 1.33 bits per heavy atom. The van der Waals surface area contributed by atoms with Crippen LogP contribution in [0.1, 0.15) is 18.4 Å². The maximum absolute atomic E-state index is 11.7. The lowest BCUT2D eigenvalue weighted by Crippen LogP contribution is -2.47. The standard InChI is InChI=1S/C15H12N4O2/c16-8-9-7-13(17-11-4-2-1-3-10(9)11)18-12-5-6-14(20)19-15(12)21/h1-4,7,12H,5-6H2,(H,17,18)(H,19,20,21). The number of pyridine rings is 1. The normalized spacial score (nSPS) is 18.1. The number of hydrogen-bond donors (Lipinski definition) is 2. The lowest BCUT2D eigenvalue weighted by molar-refractivity contribution is -0.133. The monoisotopic (exact) mass is 280 g/mol. The molecule has 6 heteroatoms. The first kappa shape index (κ1) is 13.1. The summed E-state index contributed by atoms with van der Waals surface area (Å²) in [6.45, 7) is 0. The van der Waals surface area contributed by atoms with Gasteiger partial charge in [-0.25, -0.2) is 4.98 Å². The predicted octanol–water partition coefficient (Wildman–Crippen LogP) is 1.32. The second kappa shape index (κ2) is 5.21. The molecule has 1 saturated heterocycles. The van der Waals surface area contributed by atoms with E-state index in [9.17, 15) is 14.9 Å². The molecular weight excluding hydrogens is 268 g/mol. The molecular formula is C15H12N4O2. The van der Waals surface area contributed by atoms with Crippen LogP contribution in [-0.2, 0) is 9.59 Å². The molecule has 2 amide bonds. The molecule has 0 radical (unpaired) electrons. The van der Waals surface area contributed by atoms with Crippen molar-refractivity contribution in [3.8, 4) is 6.07 Å². The smallest absolute Gasteiger partial charge is 0.249 e. The van der Waals surface area contributed by atoms with Crippen LogP contribution in [-0.4, -0.2) is 22.8 Å². The van der Waals surface area contributed by atoms with Crippen molar-refractivity contribution in [2.24, 2.45) is 0 Å². The average Bonchev–Trinajstić information content (AvgIpc) is 2.49. The Morgan fingerprint density at radius 3 is 2.90 bits per heavy atom. The van der Waals surface area contributed by atoms with Crippen molar-refractivity contribution in [3.63, 3.8) is 0 Å². The Morgan fingerprint density at radius 2 is 2.14 bits per heavy atom. The van der Waals surface area contributed by atoms with E-state index in [0.717, 1.165) is 5.39 Å². The third-order valence-corrected chi connectivity index (χ3v) is 3.40. The third-order valence-electron chi connectivity index (χ3n) is 3.40. The minimum Gasteiger partial charge on any atom is -0.358 e. The quantitative estimate of drug-likeness (QED) is 0.809. The van der Waals surface area contributed by atoms with Gasteiger partial charge in [-0.15, -0.1) is 0 Å². The van der Waals surface area contributed by atoms with E-state index in [-0.39, 0.29) is 11.8 Å². The summed E-state index contributed by atoms with van der Waals surface area (Å²) in [6.07, 6.45) is 0.711. The van der Waals surface area contributed by atoms with E-state index in [1.807, 2.05) is 24.3 Å². The molecule has 2 aromatic rings. The van der Waals surface area contributed by atoms with Gasteiger partial charge in [-0.1, -0.05) is 18.2 Å². The highest BCUT2D eigenvalue weighted by atomic mass is 16.2. The Hall–Kier alpha value is -2.94. The van der Waals surface area contributed by atoms with Gasteiger partial charge in [-0.3, -0.25) is 14.9 Å². The molecule has 2 heterocycles. The largest absolute Gasteiger partial charge is 0.358 e. The molecule has 1 aromatic heterocycles. The number of nitriles is 1. The van der Waals surface area contributed by atoms with E-state index in [4.69, 9.17) is 0 Å². The molecule has 0 aliphatic carbocycles. The van der Waals surface area contributed by atoms with Crippen LogP contribution in [0.3, 0.4) is 0 Å². The van der Waals surface area contributed by atoms with Crippen LogP contribution in [0, 0.1) is 11.3 Å². The number of fused-ring (bicyclic) bond motifs is 1. The molecule has 0 spiro atoms. The Balaban J connectivity index is 1.93. The van der Waals surface area contributed by atoms with Crippen molar-refractivity contribution < 1.29 is 9.59 Å². The topological polar surface area (TPSA) is 94.9 Å². The van der Waals surface area contributed by atoms with Crippen LogP contribution in [0.2, 0.25) is 0 Å². The zero-order valence-electron chi connectivity index (χ0n) is 11.1. The third kappa shape index (κ3) is 2.54. The molecule has 6 nitrogen and oxygen atoms in total. The number of nitrogens with zero attached hydrogens (tertiary/aromatic N) is 2. The van der Waals surface area contributed by atoms with Crippen LogP contribution in [0.4, 0.5) is 5.82 Å². The van der Waals surface area contributed by atoms with Crippen molar-refractivity contribution in [1.29, 1.82) is 5.26 Å². The number of nitrogens with one attached hydrogen (secondary N) is 2. The lowest BCUT2D eigenvalue weighted by Gasteiger charge is -2.22. The molecule has 1 aromatic carbocycles. The first-order valence-corrected chi connectivity index (χ1v) is 6.57. The number of carbonyl (C=O) groups is 2. The summed E-state index contributed by atoms with van der Waals surface area (Å²) in [5.41, 5.74) is 1.18. The van der Waals surface area contributed by atoms with Crippen molar-refractivity contribution in [1.82, 2.24) is 10.3 Å². The van der Waals surface area contributed by atoms with E-state index in [1.54, 1.807) is 6.07 Å². The molecule has 2 N–H and O–H groups in total. The molecule has 1 aliphatic heterocycles.